The molecule has 1 atom stereocenters. The van der Waals surface area contributed by atoms with E-state index in [2.05, 4.69) is 16.8 Å². The molecule has 0 saturated heterocycles. The highest BCUT2D eigenvalue weighted by molar-refractivity contribution is 7.10. The van der Waals surface area contributed by atoms with Gasteiger partial charge in [-0.3, -0.25) is 4.79 Å². The lowest BCUT2D eigenvalue weighted by Crippen LogP contribution is -2.44. The van der Waals surface area contributed by atoms with E-state index < -0.39 is 0 Å². The zero-order valence-electron chi connectivity index (χ0n) is 12.8. The van der Waals surface area contributed by atoms with Crippen LogP contribution < -0.4 is 5.32 Å². The molecule has 0 spiro atoms. The molecule has 0 radical (unpaired) electrons. The fraction of sp³-hybridized carbons (Fsp3) is 0.353. The number of rotatable bonds is 4. The Kier molecular flexibility index (Phi) is 5.27. The fourth-order valence-electron chi connectivity index (χ4n) is 2.98. The predicted octanol–water partition coefficient (Wildman–Crippen LogP) is 4.14. The molecule has 3 nitrogen and oxygen atoms in total. The van der Waals surface area contributed by atoms with Crippen LogP contribution in [0.4, 0.5) is 0 Å². The molecular weight excluding hydrogens is 351 g/mol. The second kappa shape index (κ2) is 7.22. The van der Waals surface area contributed by atoms with Crippen molar-refractivity contribution in [3.05, 3.63) is 55.7 Å². The number of carbonyl (C=O) groups excluding carboxylic acids is 1. The van der Waals surface area contributed by atoms with Gasteiger partial charge in [-0.15, -0.1) is 11.3 Å². The summed E-state index contributed by atoms with van der Waals surface area (Å²) in [6.45, 7) is 3.82. The van der Waals surface area contributed by atoms with E-state index in [-0.39, 0.29) is 11.9 Å². The topological polar surface area (TPSA) is 32.3 Å². The fourth-order valence-corrected chi connectivity index (χ4v) is 4.39. The zero-order chi connectivity index (χ0) is 16.4. The first kappa shape index (κ1) is 16.8. The van der Waals surface area contributed by atoms with Crippen molar-refractivity contribution < 1.29 is 4.79 Å². The van der Waals surface area contributed by atoms with Gasteiger partial charge in [0.2, 0.25) is 5.91 Å². The summed E-state index contributed by atoms with van der Waals surface area (Å²) in [6.07, 6.45) is 0.895. The summed E-state index contributed by atoms with van der Waals surface area (Å²) in [4.78, 5) is 15.9. The molecule has 1 aliphatic heterocycles. The molecule has 0 aliphatic carbocycles. The molecule has 0 fully saturated rings. The van der Waals surface area contributed by atoms with Gasteiger partial charge in [-0.25, -0.2) is 0 Å². The molecule has 1 unspecified atom stereocenters. The van der Waals surface area contributed by atoms with Crippen LogP contribution in [0.1, 0.15) is 29.0 Å². The number of nitrogens with zero attached hydrogens (tertiary/aromatic N) is 1. The van der Waals surface area contributed by atoms with Crippen molar-refractivity contribution in [1.82, 2.24) is 10.2 Å². The van der Waals surface area contributed by atoms with E-state index in [0.29, 0.717) is 23.1 Å². The lowest BCUT2D eigenvalue weighted by atomic mass is 9.93. The Morgan fingerprint density at radius 3 is 2.91 bits per heavy atom. The molecule has 6 heteroatoms. The lowest BCUT2D eigenvalue weighted by Gasteiger charge is -2.37. The van der Waals surface area contributed by atoms with Crippen LogP contribution in [0, 0.1) is 0 Å². The van der Waals surface area contributed by atoms with E-state index in [1.165, 1.54) is 10.4 Å². The Morgan fingerprint density at radius 1 is 1.35 bits per heavy atom. The standard InChI is InChI=1S/C17H18Cl2N2OS/c1-2-20-10-16(22)21-7-5-15-13(6-8-23-15)17(21)12-4-3-11(18)9-14(12)19/h3-4,6,8-9,17,20H,2,5,7,10H2,1H3. The number of hydrogen-bond acceptors (Lipinski definition) is 3. The number of fused-ring (bicyclic) bond motifs is 1. The van der Waals surface area contributed by atoms with Gasteiger partial charge in [0.05, 0.1) is 12.6 Å². The smallest absolute Gasteiger partial charge is 0.237 e. The first-order valence-electron chi connectivity index (χ1n) is 7.63. The molecule has 1 amide bonds. The van der Waals surface area contributed by atoms with Gasteiger partial charge < -0.3 is 10.2 Å². The van der Waals surface area contributed by atoms with E-state index >= 15 is 0 Å². The number of thiophene rings is 1. The minimum absolute atomic E-state index is 0.0970. The molecule has 0 bridgehead atoms. The molecule has 23 heavy (non-hydrogen) atoms. The summed E-state index contributed by atoms with van der Waals surface area (Å²) < 4.78 is 0. The van der Waals surface area contributed by atoms with Crippen LogP contribution in [-0.4, -0.2) is 30.4 Å². The molecule has 2 heterocycles. The number of benzene rings is 1. The van der Waals surface area contributed by atoms with Crippen LogP contribution in [0.3, 0.4) is 0 Å². The number of carbonyl (C=O) groups is 1. The number of hydrogen-bond donors (Lipinski definition) is 1. The Bertz CT molecular complexity index is 716. The maximum atomic E-state index is 12.6. The Morgan fingerprint density at radius 2 is 2.17 bits per heavy atom. The highest BCUT2D eigenvalue weighted by atomic mass is 35.5. The Balaban J connectivity index is 2.01. The van der Waals surface area contributed by atoms with Gasteiger partial charge in [0.1, 0.15) is 0 Å². The summed E-state index contributed by atoms with van der Waals surface area (Å²) in [6, 6.07) is 7.46. The molecule has 0 saturated carbocycles. The van der Waals surface area contributed by atoms with Gasteiger partial charge in [-0.05, 0) is 47.7 Å². The van der Waals surface area contributed by atoms with E-state index in [4.69, 9.17) is 23.2 Å². The highest BCUT2D eigenvalue weighted by Gasteiger charge is 2.33. The maximum Gasteiger partial charge on any atom is 0.237 e. The van der Waals surface area contributed by atoms with Crippen LogP contribution in [0.15, 0.2) is 29.6 Å². The van der Waals surface area contributed by atoms with Gasteiger partial charge in [-0.1, -0.05) is 36.2 Å². The van der Waals surface area contributed by atoms with Gasteiger partial charge in [0.25, 0.3) is 0 Å². The number of amides is 1. The van der Waals surface area contributed by atoms with E-state index in [9.17, 15) is 4.79 Å². The largest absolute Gasteiger partial charge is 0.330 e. The Labute approximate surface area is 150 Å². The van der Waals surface area contributed by atoms with Crippen LogP contribution in [0.2, 0.25) is 10.0 Å². The van der Waals surface area contributed by atoms with Gasteiger partial charge in [0.15, 0.2) is 0 Å². The van der Waals surface area contributed by atoms with Crippen molar-refractivity contribution in [1.29, 1.82) is 0 Å². The first-order valence-corrected chi connectivity index (χ1v) is 9.26. The van der Waals surface area contributed by atoms with E-state index in [1.54, 1.807) is 17.4 Å². The molecule has 2 aromatic rings. The molecule has 3 rings (SSSR count). The predicted molar refractivity (Wildman–Crippen MR) is 96.6 cm³/mol. The summed E-state index contributed by atoms with van der Waals surface area (Å²) in [5, 5.41) is 6.40. The molecule has 1 aromatic carbocycles. The van der Waals surface area contributed by atoms with Gasteiger partial charge >= 0.3 is 0 Å². The summed E-state index contributed by atoms with van der Waals surface area (Å²) >= 11 is 14.2. The van der Waals surface area contributed by atoms with Crippen LogP contribution >= 0.6 is 34.5 Å². The SMILES string of the molecule is CCNCC(=O)N1CCc2sccc2C1c1ccc(Cl)cc1Cl. The first-order chi connectivity index (χ1) is 11.1. The zero-order valence-corrected chi connectivity index (χ0v) is 15.1. The van der Waals surface area contributed by atoms with Crippen LogP contribution in [-0.2, 0) is 11.2 Å². The quantitative estimate of drug-likeness (QED) is 0.879. The number of nitrogens with one attached hydrogen (secondary N) is 1. The molecule has 1 aliphatic rings. The van der Waals surface area contributed by atoms with E-state index in [0.717, 1.165) is 18.5 Å². The third-order valence-corrected chi connectivity index (χ3v) is 5.63. The highest BCUT2D eigenvalue weighted by Crippen LogP contribution is 2.40. The van der Waals surface area contributed by atoms with Gasteiger partial charge in [0, 0.05) is 21.5 Å². The summed E-state index contributed by atoms with van der Waals surface area (Å²) in [5.41, 5.74) is 2.11. The normalized spacial score (nSPS) is 17.2. The Hall–Kier alpha value is -1.07. The minimum Gasteiger partial charge on any atom is -0.330 e. The van der Waals surface area contributed by atoms with Crippen molar-refractivity contribution >= 4 is 40.4 Å². The van der Waals surface area contributed by atoms with Crippen molar-refractivity contribution in [2.45, 2.75) is 19.4 Å². The number of likely N-dealkylation sites (N-methyl/N-ethyl adjacent to an activating group) is 1. The third kappa shape index (κ3) is 3.41. The molecule has 1 N–H and O–H groups in total. The second-order valence-electron chi connectivity index (χ2n) is 5.48. The molecular formula is C17H18Cl2N2OS. The summed E-state index contributed by atoms with van der Waals surface area (Å²) in [7, 11) is 0. The molecule has 122 valence electrons. The van der Waals surface area contributed by atoms with Gasteiger partial charge in [-0.2, -0.15) is 0 Å². The van der Waals surface area contributed by atoms with Crippen molar-refractivity contribution in [2.24, 2.45) is 0 Å². The molecule has 1 aromatic heterocycles. The average molecular weight is 369 g/mol. The van der Waals surface area contributed by atoms with E-state index in [1.807, 2.05) is 24.0 Å². The monoisotopic (exact) mass is 368 g/mol. The van der Waals surface area contributed by atoms with Crippen LogP contribution in [0.5, 0.6) is 0 Å². The van der Waals surface area contributed by atoms with Crippen molar-refractivity contribution in [3.63, 3.8) is 0 Å². The second-order valence-corrected chi connectivity index (χ2v) is 7.33. The van der Waals surface area contributed by atoms with Crippen molar-refractivity contribution in [2.75, 3.05) is 19.6 Å². The lowest BCUT2D eigenvalue weighted by molar-refractivity contribution is -0.132. The van der Waals surface area contributed by atoms with Crippen molar-refractivity contribution in [3.8, 4) is 0 Å². The average Bonchev–Trinajstić information content (AvgIpc) is 3.00. The number of halogens is 2. The maximum absolute atomic E-state index is 12.6. The summed E-state index contributed by atoms with van der Waals surface area (Å²) in [5.74, 6) is 0.0970. The third-order valence-electron chi connectivity index (χ3n) is 4.07. The minimum atomic E-state index is -0.138. The van der Waals surface area contributed by atoms with Crippen LogP contribution in [0.25, 0.3) is 0 Å².